The van der Waals surface area contributed by atoms with Crippen molar-refractivity contribution in [3.8, 4) is 17.2 Å². The molecule has 1 N–H and O–H groups in total. The van der Waals surface area contributed by atoms with Crippen LogP contribution in [0.25, 0.3) is 0 Å². The van der Waals surface area contributed by atoms with Gasteiger partial charge in [-0.1, -0.05) is 12.1 Å². The van der Waals surface area contributed by atoms with Crippen LogP contribution >= 0.6 is 0 Å². The lowest BCUT2D eigenvalue weighted by Gasteiger charge is -2.14. The molecule has 26 heavy (non-hydrogen) atoms. The van der Waals surface area contributed by atoms with Crippen molar-refractivity contribution in [2.24, 2.45) is 0 Å². The lowest BCUT2D eigenvalue weighted by molar-refractivity contribution is -0.137. The summed E-state index contributed by atoms with van der Waals surface area (Å²) in [6.45, 7) is 0.0770. The number of methoxy groups -OCH3 is 3. The van der Waals surface area contributed by atoms with Crippen LogP contribution in [0.5, 0.6) is 17.2 Å². The van der Waals surface area contributed by atoms with Gasteiger partial charge in [-0.25, -0.2) is 0 Å². The largest absolute Gasteiger partial charge is 0.493 e. The predicted molar refractivity (Wildman–Crippen MR) is 88.7 cm³/mol. The van der Waals surface area contributed by atoms with Crippen LogP contribution in [-0.2, 0) is 12.7 Å². The number of hydrogen-bond donors (Lipinski definition) is 1. The van der Waals surface area contributed by atoms with Gasteiger partial charge >= 0.3 is 6.18 Å². The van der Waals surface area contributed by atoms with Gasteiger partial charge < -0.3 is 19.5 Å². The summed E-state index contributed by atoms with van der Waals surface area (Å²) in [4.78, 5) is 12.3. The van der Waals surface area contributed by atoms with Gasteiger partial charge in [0.2, 0.25) is 5.75 Å². The topological polar surface area (TPSA) is 56.8 Å². The highest BCUT2D eigenvalue weighted by molar-refractivity contribution is 5.95. The quantitative estimate of drug-likeness (QED) is 0.844. The van der Waals surface area contributed by atoms with Gasteiger partial charge in [-0.15, -0.1) is 0 Å². The number of rotatable bonds is 6. The third kappa shape index (κ3) is 4.38. The van der Waals surface area contributed by atoms with Gasteiger partial charge in [0.1, 0.15) is 0 Å². The molecule has 0 aliphatic rings. The summed E-state index contributed by atoms with van der Waals surface area (Å²) in [5.74, 6) is 0.580. The molecule has 2 aromatic carbocycles. The van der Waals surface area contributed by atoms with Crippen LogP contribution in [0, 0.1) is 0 Å². The van der Waals surface area contributed by atoms with Gasteiger partial charge in [0.05, 0.1) is 26.9 Å². The van der Waals surface area contributed by atoms with E-state index in [1.165, 1.54) is 45.6 Å². The molecule has 2 rings (SSSR count). The molecule has 0 radical (unpaired) electrons. The van der Waals surface area contributed by atoms with Gasteiger partial charge in [0.15, 0.2) is 11.5 Å². The number of benzene rings is 2. The summed E-state index contributed by atoms with van der Waals surface area (Å²) in [5.41, 5.74) is 0.0717. The number of amides is 1. The zero-order chi connectivity index (χ0) is 19.3. The Bertz CT molecular complexity index is 748. The second-order valence-electron chi connectivity index (χ2n) is 5.29. The summed E-state index contributed by atoms with van der Waals surface area (Å²) in [6.07, 6.45) is -4.39. The highest BCUT2D eigenvalue weighted by Gasteiger charge is 2.29. The molecule has 0 fully saturated rings. The van der Waals surface area contributed by atoms with Crippen molar-refractivity contribution >= 4 is 5.91 Å². The monoisotopic (exact) mass is 369 g/mol. The minimum Gasteiger partial charge on any atom is -0.493 e. The number of carbonyl (C=O) groups is 1. The molecular formula is C18H18F3NO4. The fraction of sp³-hybridized carbons (Fsp3) is 0.278. The van der Waals surface area contributed by atoms with Crippen LogP contribution < -0.4 is 19.5 Å². The van der Waals surface area contributed by atoms with E-state index in [1.807, 2.05) is 0 Å². The SMILES string of the molecule is COc1cc(C(=O)NCc2ccc(C(F)(F)F)cc2)cc(OC)c1OC. The Morgan fingerprint density at radius 2 is 1.50 bits per heavy atom. The Morgan fingerprint density at radius 3 is 1.92 bits per heavy atom. The first-order valence-corrected chi connectivity index (χ1v) is 7.54. The highest BCUT2D eigenvalue weighted by Crippen LogP contribution is 2.38. The average Bonchev–Trinajstić information content (AvgIpc) is 2.64. The Hall–Kier alpha value is -2.90. The van der Waals surface area contributed by atoms with Gasteiger partial charge in [-0.2, -0.15) is 13.2 Å². The molecule has 0 unspecified atom stereocenters. The third-order valence-corrected chi connectivity index (χ3v) is 3.66. The molecule has 0 saturated heterocycles. The Labute approximate surface area is 148 Å². The van der Waals surface area contributed by atoms with E-state index in [2.05, 4.69) is 5.32 Å². The molecule has 1 amide bonds. The molecule has 0 atom stereocenters. The van der Waals surface area contributed by atoms with Crippen LogP contribution in [0.15, 0.2) is 36.4 Å². The van der Waals surface area contributed by atoms with Crippen molar-refractivity contribution < 1.29 is 32.2 Å². The Morgan fingerprint density at radius 1 is 0.962 bits per heavy atom. The Kier molecular flexibility index (Phi) is 5.97. The normalized spacial score (nSPS) is 11.0. The molecule has 0 aliphatic carbocycles. The molecule has 0 aliphatic heterocycles. The number of ether oxygens (including phenoxy) is 3. The molecule has 5 nitrogen and oxygen atoms in total. The molecule has 0 spiro atoms. The maximum absolute atomic E-state index is 12.6. The lowest BCUT2D eigenvalue weighted by atomic mass is 10.1. The van der Waals surface area contributed by atoms with Crippen LogP contribution in [-0.4, -0.2) is 27.2 Å². The van der Waals surface area contributed by atoms with Crippen molar-refractivity contribution in [1.82, 2.24) is 5.32 Å². The smallest absolute Gasteiger partial charge is 0.416 e. The van der Waals surface area contributed by atoms with Crippen molar-refractivity contribution in [1.29, 1.82) is 0 Å². The van der Waals surface area contributed by atoms with E-state index in [-0.39, 0.29) is 12.1 Å². The van der Waals surface area contributed by atoms with Crippen molar-refractivity contribution in [2.75, 3.05) is 21.3 Å². The van der Waals surface area contributed by atoms with E-state index in [1.54, 1.807) is 0 Å². The number of nitrogens with one attached hydrogen (secondary N) is 1. The van der Waals surface area contributed by atoms with Gasteiger partial charge in [-0.3, -0.25) is 4.79 Å². The summed E-state index contributed by atoms with van der Waals surface area (Å²) in [7, 11) is 4.31. The fourth-order valence-corrected chi connectivity index (χ4v) is 2.31. The maximum Gasteiger partial charge on any atom is 0.416 e. The first kappa shape index (κ1) is 19.4. The third-order valence-electron chi connectivity index (χ3n) is 3.66. The second kappa shape index (κ2) is 7.99. The van der Waals surface area contributed by atoms with Gasteiger partial charge in [0, 0.05) is 12.1 Å². The summed E-state index contributed by atoms with van der Waals surface area (Å²) in [6, 6.07) is 7.56. The van der Waals surface area contributed by atoms with E-state index in [9.17, 15) is 18.0 Å². The molecule has 0 saturated carbocycles. The van der Waals surface area contributed by atoms with Crippen molar-refractivity contribution in [3.63, 3.8) is 0 Å². The van der Waals surface area contributed by atoms with Crippen LogP contribution in [0.1, 0.15) is 21.5 Å². The van der Waals surface area contributed by atoms with Crippen molar-refractivity contribution in [3.05, 3.63) is 53.1 Å². The molecule has 8 heteroatoms. The number of hydrogen-bond acceptors (Lipinski definition) is 4. The zero-order valence-corrected chi connectivity index (χ0v) is 14.4. The minimum atomic E-state index is -4.39. The number of halogens is 3. The van der Waals surface area contributed by atoms with Crippen LogP contribution in [0.3, 0.4) is 0 Å². The molecule has 0 heterocycles. The summed E-state index contributed by atoms with van der Waals surface area (Å²) >= 11 is 0. The predicted octanol–water partition coefficient (Wildman–Crippen LogP) is 3.66. The van der Waals surface area contributed by atoms with E-state index in [0.717, 1.165) is 12.1 Å². The van der Waals surface area contributed by atoms with E-state index >= 15 is 0 Å². The van der Waals surface area contributed by atoms with E-state index in [0.29, 0.717) is 22.8 Å². The van der Waals surface area contributed by atoms with Crippen LogP contribution in [0.2, 0.25) is 0 Å². The minimum absolute atomic E-state index is 0.0770. The molecular weight excluding hydrogens is 351 g/mol. The summed E-state index contributed by atoms with van der Waals surface area (Å²) in [5, 5.41) is 2.64. The van der Waals surface area contributed by atoms with E-state index < -0.39 is 17.6 Å². The molecule has 140 valence electrons. The van der Waals surface area contributed by atoms with Gasteiger partial charge in [0.25, 0.3) is 5.91 Å². The highest BCUT2D eigenvalue weighted by atomic mass is 19.4. The zero-order valence-electron chi connectivity index (χ0n) is 14.4. The molecule has 2 aromatic rings. The number of alkyl halides is 3. The first-order valence-electron chi connectivity index (χ1n) is 7.54. The molecule has 0 bridgehead atoms. The molecule has 0 aromatic heterocycles. The van der Waals surface area contributed by atoms with E-state index in [4.69, 9.17) is 14.2 Å². The number of carbonyl (C=O) groups excluding carboxylic acids is 1. The van der Waals surface area contributed by atoms with Crippen LogP contribution in [0.4, 0.5) is 13.2 Å². The fourth-order valence-electron chi connectivity index (χ4n) is 2.31. The standard InChI is InChI=1S/C18H18F3NO4/c1-24-14-8-12(9-15(25-2)16(14)26-3)17(23)22-10-11-4-6-13(7-5-11)18(19,20)21/h4-9H,10H2,1-3H3,(H,22,23). The van der Waals surface area contributed by atoms with Gasteiger partial charge in [-0.05, 0) is 29.8 Å². The Balaban J connectivity index is 2.13. The maximum atomic E-state index is 12.6. The first-order chi connectivity index (χ1) is 12.3. The second-order valence-corrected chi connectivity index (χ2v) is 5.29. The lowest BCUT2D eigenvalue weighted by Crippen LogP contribution is -2.23. The van der Waals surface area contributed by atoms with Crippen molar-refractivity contribution in [2.45, 2.75) is 12.7 Å². The summed E-state index contributed by atoms with van der Waals surface area (Å²) < 4.78 is 53.2. The average molecular weight is 369 g/mol.